The van der Waals surface area contributed by atoms with E-state index in [2.05, 4.69) is 5.32 Å². The fourth-order valence-corrected chi connectivity index (χ4v) is 2.02. The Balaban J connectivity index is 3.00. The lowest BCUT2D eigenvalue weighted by atomic mass is 10.1. The number of benzene rings is 1. The molecule has 0 saturated heterocycles. The van der Waals surface area contributed by atoms with Crippen molar-refractivity contribution in [2.75, 3.05) is 32.8 Å². The van der Waals surface area contributed by atoms with Crippen molar-refractivity contribution in [2.45, 2.75) is 26.7 Å². The molecule has 0 unspecified atom stereocenters. The summed E-state index contributed by atoms with van der Waals surface area (Å²) in [6.07, 6.45) is -0.128. The fraction of sp³-hybridized carbons (Fsp3) is 0.471. The van der Waals surface area contributed by atoms with E-state index in [4.69, 9.17) is 18.9 Å². The minimum atomic E-state index is -0.607. The predicted octanol–water partition coefficient (Wildman–Crippen LogP) is 2.16. The Hall–Kier alpha value is -2.77. The van der Waals surface area contributed by atoms with Crippen LogP contribution in [0.25, 0.3) is 0 Å². The van der Waals surface area contributed by atoms with Crippen LogP contribution in [-0.2, 0) is 19.1 Å². The second-order valence-corrected chi connectivity index (χ2v) is 4.83. The van der Waals surface area contributed by atoms with Crippen LogP contribution < -0.4 is 14.8 Å². The summed E-state index contributed by atoms with van der Waals surface area (Å²) in [4.78, 5) is 35.5. The molecule has 138 valence electrons. The van der Waals surface area contributed by atoms with E-state index >= 15 is 0 Å². The number of hydrogen-bond acceptors (Lipinski definition) is 7. The van der Waals surface area contributed by atoms with Crippen molar-refractivity contribution in [1.29, 1.82) is 0 Å². The maximum Gasteiger partial charge on any atom is 0.340 e. The number of carbonyl (C=O) groups excluding carboxylic acids is 3. The van der Waals surface area contributed by atoms with Gasteiger partial charge in [0.25, 0.3) is 0 Å². The molecule has 1 aromatic carbocycles. The molecule has 1 N–H and O–H groups in total. The molecule has 0 spiro atoms. The van der Waals surface area contributed by atoms with E-state index in [1.807, 2.05) is 0 Å². The summed E-state index contributed by atoms with van der Waals surface area (Å²) in [5.41, 5.74) is 0.342. The average Bonchev–Trinajstić information content (AvgIpc) is 2.60. The number of amides is 1. The number of nitrogens with one attached hydrogen (secondary N) is 1. The number of esters is 2. The lowest BCUT2D eigenvalue weighted by Crippen LogP contribution is -2.17. The zero-order valence-electron chi connectivity index (χ0n) is 14.8. The largest absolute Gasteiger partial charge is 0.493 e. The maximum atomic E-state index is 12.1. The molecule has 0 aliphatic rings. The molecular formula is C17H23NO7. The fourth-order valence-electron chi connectivity index (χ4n) is 2.02. The molecule has 0 aliphatic heterocycles. The van der Waals surface area contributed by atoms with Crippen LogP contribution in [0.4, 0.5) is 5.69 Å². The highest BCUT2D eigenvalue weighted by atomic mass is 16.5. The Bertz CT molecular complexity index is 628. The first-order chi connectivity index (χ1) is 12.0. The third-order valence-corrected chi connectivity index (χ3v) is 3.15. The molecule has 0 aromatic heterocycles. The van der Waals surface area contributed by atoms with Gasteiger partial charge in [-0.3, -0.25) is 9.59 Å². The van der Waals surface area contributed by atoms with E-state index in [0.717, 1.165) is 0 Å². The van der Waals surface area contributed by atoms with E-state index in [1.165, 1.54) is 26.4 Å². The van der Waals surface area contributed by atoms with Crippen LogP contribution in [0.1, 0.15) is 37.0 Å². The predicted molar refractivity (Wildman–Crippen MR) is 90.0 cm³/mol. The average molecular weight is 353 g/mol. The Morgan fingerprint density at radius 2 is 1.52 bits per heavy atom. The van der Waals surface area contributed by atoms with Crippen LogP contribution in [0.2, 0.25) is 0 Å². The summed E-state index contributed by atoms with van der Waals surface area (Å²) in [6, 6.07) is 2.89. The van der Waals surface area contributed by atoms with Gasteiger partial charge in [0.2, 0.25) is 5.91 Å². The van der Waals surface area contributed by atoms with Gasteiger partial charge in [0, 0.05) is 18.6 Å². The number of anilines is 1. The Morgan fingerprint density at radius 3 is 2.08 bits per heavy atom. The third-order valence-electron chi connectivity index (χ3n) is 3.15. The normalized spacial score (nSPS) is 9.92. The lowest BCUT2D eigenvalue weighted by molar-refractivity contribution is -0.144. The van der Waals surface area contributed by atoms with Crippen molar-refractivity contribution in [3.8, 4) is 11.5 Å². The first-order valence-electron chi connectivity index (χ1n) is 7.85. The number of methoxy groups -OCH3 is 2. The van der Waals surface area contributed by atoms with Crippen LogP contribution in [0.15, 0.2) is 12.1 Å². The molecule has 1 amide bonds. The highest BCUT2D eigenvalue weighted by Gasteiger charge is 2.20. The lowest BCUT2D eigenvalue weighted by Gasteiger charge is -2.15. The monoisotopic (exact) mass is 353 g/mol. The maximum absolute atomic E-state index is 12.1. The van der Waals surface area contributed by atoms with Crippen LogP contribution in [0.5, 0.6) is 11.5 Å². The molecule has 0 heterocycles. The molecule has 0 atom stereocenters. The molecule has 0 bridgehead atoms. The first-order valence-corrected chi connectivity index (χ1v) is 7.85. The van der Waals surface area contributed by atoms with Crippen LogP contribution >= 0.6 is 0 Å². The summed E-state index contributed by atoms with van der Waals surface area (Å²) < 4.78 is 20.1. The highest BCUT2D eigenvalue weighted by Crippen LogP contribution is 2.33. The zero-order chi connectivity index (χ0) is 18.8. The number of ether oxygens (including phenoxy) is 4. The van der Waals surface area contributed by atoms with Gasteiger partial charge in [-0.25, -0.2) is 4.79 Å². The molecule has 0 saturated carbocycles. The van der Waals surface area contributed by atoms with E-state index in [0.29, 0.717) is 11.5 Å². The van der Waals surface area contributed by atoms with Gasteiger partial charge < -0.3 is 24.3 Å². The van der Waals surface area contributed by atoms with E-state index in [-0.39, 0.29) is 37.3 Å². The van der Waals surface area contributed by atoms with Gasteiger partial charge in [-0.05, 0) is 13.8 Å². The third kappa shape index (κ3) is 5.98. The smallest absolute Gasteiger partial charge is 0.340 e. The number of rotatable bonds is 9. The molecule has 0 aliphatic carbocycles. The van der Waals surface area contributed by atoms with Crippen molar-refractivity contribution in [3.63, 3.8) is 0 Å². The Labute approximate surface area is 146 Å². The SMILES string of the molecule is CCOC(=O)CCC(=O)Nc1cc(OC)c(OC)cc1C(=O)OCC. The minimum Gasteiger partial charge on any atom is -0.493 e. The summed E-state index contributed by atoms with van der Waals surface area (Å²) >= 11 is 0. The standard InChI is InChI=1S/C17H23NO7/c1-5-24-16(20)8-7-15(19)18-12-10-14(23-4)13(22-3)9-11(12)17(21)25-6-2/h9-10H,5-8H2,1-4H3,(H,18,19). The molecule has 0 fully saturated rings. The molecule has 0 radical (unpaired) electrons. The van der Waals surface area contributed by atoms with Crippen molar-refractivity contribution in [2.24, 2.45) is 0 Å². The number of carbonyl (C=O) groups is 3. The first kappa shape index (κ1) is 20.3. The van der Waals surface area contributed by atoms with Gasteiger partial charge >= 0.3 is 11.9 Å². The van der Waals surface area contributed by atoms with E-state index < -0.39 is 17.8 Å². The van der Waals surface area contributed by atoms with E-state index in [1.54, 1.807) is 13.8 Å². The molecular weight excluding hydrogens is 330 g/mol. The van der Waals surface area contributed by atoms with Crippen LogP contribution in [0.3, 0.4) is 0 Å². The van der Waals surface area contributed by atoms with Gasteiger partial charge in [0.05, 0.1) is 45.1 Å². The summed E-state index contributed by atoms with van der Waals surface area (Å²) in [6.45, 7) is 3.80. The minimum absolute atomic E-state index is 0.0539. The number of hydrogen-bond donors (Lipinski definition) is 1. The Kier molecular flexibility index (Phi) is 8.25. The zero-order valence-corrected chi connectivity index (χ0v) is 14.8. The molecule has 1 rings (SSSR count). The molecule has 1 aromatic rings. The second-order valence-electron chi connectivity index (χ2n) is 4.83. The van der Waals surface area contributed by atoms with Crippen molar-refractivity contribution < 1.29 is 33.3 Å². The van der Waals surface area contributed by atoms with Gasteiger partial charge in [0.1, 0.15) is 0 Å². The van der Waals surface area contributed by atoms with Crippen molar-refractivity contribution in [3.05, 3.63) is 17.7 Å². The Morgan fingerprint density at radius 1 is 0.920 bits per heavy atom. The molecule has 8 nitrogen and oxygen atoms in total. The quantitative estimate of drug-likeness (QED) is 0.679. The summed E-state index contributed by atoms with van der Waals surface area (Å²) in [5, 5.41) is 2.59. The van der Waals surface area contributed by atoms with Gasteiger partial charge in [-0.1, -0.05) is 0 Å². The summed E-state index contributed by atoms with van der Waals surface area (Å²) in [5.74, 6) is -0.836. The van der Waals surface area contributed by atoms with Crippen LogP contribution in [-0.4, -0.2) is 45.3 Å². The second kappa shape index (κ2) is 10.2. The van der Waals surface area contributed by atoms with Gasteiger partial charge in [-0.2, -0.15) is 0 Å². The van der Waals surface area contributed by atoms with Crippen molar-refractivity contribution >= 4 is 23.5 Å². The summed E-state index contributed by atoms with van der Waals surface area (Å²) in [7, 11) is 2.87. The molecule has 25 heavy (non-hydrogen) atoms. The van der Waals surface area contributed by atoms with Gasteiger partial charge in [0.15, 0.2) is 11.5 Å². The molecule has 8 heteroatoms. The van der Waals surface area contributed by atoms with Crippen molar-refractivity contribution in [1.82, 2.24) is 0 Å². The van der Waals surface area contributed by atoms with Crippen LogP contribution in [0, 0.1) is 0 Å². The van der Waals surface area contributed by atoms with E-state index in [9.17, 15) is 14.4 Å². The highest BCUT2D eigenvalue weighted by molar-refractivity contribution is 6.02. The van der Waals surface area contributed by atoms with Gasteiger partial charge in [-0.15, -0.1) is 0 Å². The topological polar surface area (TPSA) is 100 Å².